The van der Waals surface area contributed by atoms with Crippen LogP contribution in [0.15, 0.2) is 0 Å². The molecule has 1 fully saturated rings. The zero-order chi connectivity index (χ0) is 12.0. The van der Waals surface area contributed by atoms with Gasteiger partial charge in [-0.15, -0.1) is 0 Å². The number of likely N-dealkylation sites (N-methyl/N-ethyl adjacent to an activating group) is 1. The van der Waals surface area contributed by atoms with E-state index in [2.05, 4.69) is 33.0 Å². The minimum absolute atomic E-state index is 0.408. The van der Waals surface area contributed by atoms with Crippen LogP contribution in [0.2, 0.25) is 0 Å². The average molecular weight is 227 g/mol. The van der Waals surface area contributed by atoms with Crippen LogP contribution in [-0.4, -0.2) is 25.3 Å². The molecule has 1 rings (SSSR count). The Morgan fingerprint density at radius 1 is 1.25 bits per heavy atom. The Hall–Kier alpha value is -0.0800. The van der Waals surface area contributed by atoms with E-state index in [1.54, 1.807) is 0 Å². The predicted molar refractivity (Wildman–Crippen MR) is 69.7 cm³/mol. The standard InChI is InChI=1S/C14H29NO/c1-5-12(11-15-6-2)16-13-7-9-14(3,4)10-8-13/h12-13,15H,5-11H2,1-4H3. The second-order valence-corrected chi connectivity index (χ2v) is 5.84. The topological polar surface area (TPSA) is 21.3 Å². The van der Waals surface area contributed by atoms with Gasteiger partial charge in [0.1, 0.15) is 0 Å². The fraction of sp³-hybridized carbons (Fsp3) is 1.00. The van der Waals surface area contributed by atoms with Gasteiger partial charge in [0.25, 0.3) is 0 Å². The molecule has 2 heteroatoms. The summed E-state index contributed by atoms with van der Waals surface area (Å²) in [5.74, 6) is 0. The van der Waals surface area contributed by atoms with Crippen molar-refractivity contribution in [2.45, 2.75) is 72.0 Å². The Balaban J connectivity index is 2.25. The van der Waals surface area contributed by atoms with Crippen LogP contribution in [0.5, 0.6) is 0 Å². The zero-order valence-corrected chi connectivity index (χ0v) is 11.5. The molecular weight excluding hydrogens is 198 g/mol. The van der Waals surface area contributed by atoms with Crippen LogP contribution < -0.4 is 5.32 Å². The minimum Gasteiger partial charge on any atom is -0.374 e. The number of nitrogens with one attached hydrogen (secondary N) is 1. The van der Waals surface area contributed by atoms with Gasteiger partial charge in [0.15, 0.2) is 0 Å². The normalized spacial score (nSPS) is 23.2. The summed E-state index contributed by atoms with van der Waals surface area (Å²) in [6.07, 6.45) is 7.16. The Labute approximate surface area is 101 Å². The highest BCUT2D eigenvalue weighted by Crippen LogP contribution is 2.36. The molecule has 1 aliphatic rings. The highest BCUT2D eigenvalue weighted by atomic mass is 16.5. The van der Waals surface area contributed by atoms with E-state index in [-0.39, 0.29) is 0 Å². The predicted octanol–water partition coefficient (Wildman–Crippen LogP) is 3.36. The van der Waals surface area contributed by atoms with Crippen molar-refractivity contribution in [3.8, 4) is 0 Å². The molecule has 0 heterocycles. The molecule has 0 aliphatic heterocycles. The first kappa shape index (κ1) is 14.0. The first-order chi connectivity index (χ1) is 7.57. The number of rotatable bonds is 6. The lowest BCUT2D eigenvalue weighted by Crippen LogP contribution is -2.35. The molecule has 0 saturated heterocycles. The summed E-state index contributed by atoms with van der Waals surface area (Å²) in [6.45, 7) is 11.2. The van der Waals surface area contributed by atoms with E-state index in [4.69, 9.17) is 4.74 Å². The molecule has 0 bridgehead atoms. The van der Waals surface area contributed by atoms with E-state index >= 15 is 0 Å². The Kier molecular flexibility index (Phi) is 5.77. The summed E-state index contributed by atoms with van der Waals surface area (Å²) < 4.78 is 6.17. The number of hydrogen-bond donors (Lipinski definition) is 1. The Bertz CT molecular complexity index is 181. The van der Waals surface area contributed by atoms with Crippen molar-refractivity contribution in [2.75, 3.05) is 13.1 Å². The van der Waals surface area contributed by atoms with Gasteiger partial charge >= 0.3 is 0 Å². The lowest BCUT2D eigenvalue weighted by atomic mass is 9.76. The molecule has 1 N–H and O–H groups in total. The third-order valence-corrected chi connectivity index (χ3v) is 3.75. The largest absolute Gasteiger partial charge is 0.374 e. The van der Waals surface area contributed by atoms with E-state index in [0.717, 1.165) is 19.5 Å². The SMILES string of the molecule is CCNCC(CC)OC1CCC(C)(C)CC1. The van der Waals surface area contributed by atoms with E-state index in [1.807, 2.05) is 0 Å². The summed E-state index contributed by atoms with van der Waals surface area (Å²) in [4.78, 5) is 0. The van der Waals surface area contributed by atoms with Crippen LogP contribution in [0.1, 0.15) is 59.8 Å². The van der Waals surface area contributed by atoms with Gasteiger partial charge in [-0.1, -0.05) is 27.7 Å². The first-order valence-electron chi connectivity index (χ1n) is 6.93. The van der Waals surface area contributed by atoms with Crippen molar-refractivity contribution in [3.63, 3.8) is 0 Å². The summed E-state index contributed by atoms with van der Waals surface area (Å²) >= 11 is 0. The van der Waals surface area contributed by atoms with Crippen LogP contribution in [-0.2, 0) is 4.74 Å². The van der Waals surface area contributed by atoms with E-state index in [0.29, 0.717) is 17.6 Å². The molecule has 1 unspecified atom stereocenters. The van der Waals surface area contributed by atoms with E-state index < -0.39 is 0 Å². The molecule has 1 aliphatic carbocycles. The van der Waals surface area contributed by atoms with Gasteiger partial charge < -0.3 is 10.1 Å². The lowest BCUT2D eigenvalue weighted by molar-refractivity contribution is -0.0452. The first-order valence-corrected chi connectivity index (χ1v) is 6.93. The van der Waals surface area contributed by atoms with Crippen LogP contribution in [0.25, 0.3) is 0 Å². The molecule has 96 valence electrons. The third kappa shape index (κ3) is 4.84. The highest BCUT2D eigenvalue weighted by molar-refractivity contribution is 4.79. The van der Waals surface area contributed by atoms with Crippen molar-refractivity contribution in [1.29, 1.82) is 0 Å². The molecular formula is C14H29NO. The Morgan fingerprint density at radius 3 is 2.38 bits per heavy atom. The monoisotopic (exact) mass is 227 g/mol. The van der Waals surface area contributed by atoms with Crippen molar-refractivity contribution < 1.29 is 4.74 Å². The van der Waals surface area contributed by atoms with E-state index in [9.17, 15) is 0 Å². The average Bonchev–Trinajstić information content (AvgIpc) is 2.26. The Morgan fingerprint density at radius 2 is 1.88 bits per heavy atom. The fourth-order valence-electron chi connectivity index (χ4n) is 2.38. The van der Waals surface area contributed by atoms with Crippen molar-refractivity contribution >= 4 is 0 Å². The van der Waals surface area contributed by atoms with Gasteiger partial charge in [0.05, 0.1) is 12.2 Å². The molecule has 0 amide bonds. The van der Waals surface area contributed by atoms with Gasteiger partial charge in [-0.25, -0.2) is 0 Å². The maximum atomic E-state index is 6.17. The van der Waals surface area contributed by atoms with Crippen molar-refractivity contribution in [3.05, 3.63) is 0 Å². The van der Waals surface area contributed by atoms with Crippen LogP contribution in [0, 0.1) is 5.41 Å². The molecule has 1 atom stereocenters. The van der Waals surface area contributed by atoms with Gasteiger partial charge in [-0.3, -0.25) is 0 Å². The molecule has 0 radical (unpaired) electrons. The quantitative estimate of drug-likeness (QED) is 0.751. The zero-order valence-electron chi connectivity index (χ0n) is 11.5. The van der Waals surface area contributed by atoms with Crippen molar-refractivity contribution in [2.24, 2.45) is 5.41 Å². The number of hydrogen-bond acceptors (Lipinski definition) is 2. The molecule has 16 heavy (non-hydrogen) atoms. The van der Waals surface area contributed by atoms with Gasteiger partial charge in [0.2, 0.25) is 0 Å². The molecule has 0 aromatic rings. The lowest BCUT2D eigenvalue weighted by Gasteiger charge is -2.35. The molecule has 0 aromatic carbocycles. The van der Waals surface area contributed by atoms with Gasteiger partial charge in [0, 0.05) is 6.54 Å². The third-order valence-electron chi connectivity index (χ3n) is 3.75. The van der Waals surface area contributed by atoms with Gasteiger partial charge in [-0.2, -0.15) is 0 Å². The minimum atomic E-state index is 0.408. The second kappa shape index (κ2) is 6.61. The molecule has 2 nitrogen and oxygen atoms in total. The molecule has 1 saturated carbocycles. The fourth-order valence-corrected chi connectivity index (χ4v) is 2.38. The maximum absolute atomic E-state index is 6.17. The van der Waals surface area contributed by atoms with Crippen LogP contribution in [0.4, 0.5) is 0 Å². The van der Waals surface area contributed by atoms with Crippen LogP contribution >= 0.6 is 0 Å². The highest BCUT2D eigenvalue weighted by Gasteiger charge is 2.28. The van der Waals surface area contributed by atoms with Gasteiger partial charge in [-0.05, 0) is 44.1 Å². The van der Waals surface area contributed by atoms with E-state index in [1.165, 1.54) is 25.7 Å². The van der Waals surface area contributed by atoms with Crippen LogP contribution in [0.3, 0.4) is 0 Å². The maximum Gasteiger partial charge on any atom is 0.0700 e. The smallest absolute Gasteiger partial charge is 0.0700 e. The van der Waals surface area contributed by atoms with Crippen molar-refractivity contribution in [1.82, 2.24) is 5.32 Å². The summed E-state index contributed by atoms with van der Waals surface area (Å²) in [5.41, 5.74) is 0.545. The molecule has 0 aromatic heterocycles. The summed E-state index contributed by atoms with van der Waals surface area (Å²) in [7, 11) is 0. The second-order valence-electron chi connectivity index (χ2n) is 5.84. The number of ether oxygens (including phenoxy) is 1. The summed E-state index contributed by atoms with van der Waals surface area (Å²) in [5, 5.41) is 3.38. The summed E-state index contributed by atoms with van der Waals surface area (Å²) in [6, 6.07) is 0. The molecule has 0 spiro atoms.